The second-order valence-corrected chi connectivity index (χ2v) is 5.07. The predicted octanol–water partition coefficient (Wildman–Crippen LogP) is 4.14. The van der Waals surface area contributed by atoms with Crippen LogP contribution in [0.15, 0.2) is 52.1 Å². The Bertz CT molecular complexity index is 596. The lowest BCUT2D eigenvalue weighted by Gasteiger charge is -2.09. The van der Waals surface area contributed by atoms with E-state index in [4.69, 9.17) is 9.94 Å². The van der Waals surface area contributed by atoms with Gasteiger partial charge in [0.05, 0.1) is 10.7 Å². The molecule has 0 aliphatic carbocycles. The maximum absolute atomic E-state index is 8.48. The fourth-order valence-electron chi connectivity index (χ4n) is 1.74. The molecule has 19 heavy (non-hydrogen) atoms. The molecule has 4 heteroatoms. The van der Waals surface area contributed by atoms with E-state index in [9.17, 15) is 0 Å². The monoisotopic (exact) mass is 319 g/mol. The molecule has 1 N–H and O–H groups in total. The summed E-state index contributed by atoms with van der Waals surface area (Å²) in [4.78, 5) is 0. The number of ether oxygens (including phenoxy) is 1. The van der Waals surface area contributed by atoms with E-state index >= 15 is 0 Å². The van der Waals surface area contributed by atoms with Crippen LogP contribution in [-0.2, 0) is 6.61 Å². The standard InChI is InChI=1S/C15H14BrNO2/c1-11-3-2-4-13(7-11)10-19-15-6-5-12(9-17-18)8-14(15)16/h2-9,18H,10H2,1H3. The maximum atomic E-state index is 8.48. The molecule has 0 aromatic heterocycles. The van der Waals surface area contributed by atoms with Crippen LogP contribution >= 0.6 is 15.9 Å². The molecule has 0 saturated carbocycles. The molecule has 0 bridgehead atoms. The number of halogens is 1. The van der Waals surface area contributed by atoms with Crippen LogP contribution in [0.4, 0.5) is 0 Å². The summed E-state index contributed by atoms with van der Waals surface area (Å²) in [5, 5.41) is 11.5. The Balaban J connectivity index is 2.07. The first kappa shape index (κ1) is 13.6. The summed E-state index contributed by atoms with van der Waals surface area (Å²) in [5.41, 5.74) is 3.15. The molecule has 0 saturated heterocycles. The molecule has 0 atom stereocenters. The highest BCUT2D eigenvalue weighted by Crippen LogP contribution is 2.26. The van der Waals surface area contributed by atoms with Gasteiger partial charge in [-0.2, -0.15) is 0 Å². The average molecular weight is 320 g/mol. The summed E-state index contributed by atoms with van der Waals surface area (Å²) in [7, 11) is 0. The molecule has 2 rings (SSSR count). The fourth-order valence-corrected chi connectivity index (χ4v) is 2.26. The zero-order valence-corrected chi connectivity index (χ0v) is 12.1. The number of nitrogens with zero attached hydrogens (tertiary/aromatic N) is 1. The number of hydrogen-bond donors (Lipinski definition) is 1. The van der Waals surface area contributed by atoms with E-state index in [2.05, 4.69) is 40.1 Å². The van der Waals surface area contributed by atoms with Crippen molar-refractivity contribution >= 4 is 22.1 Å². The van der Waals surface area contributed by atoms with Crippen LogP contribution in [0.1, 0.15) is 16.7 Å². The SMILES string of the molecule is Cc1cccc(COc2ccc(C=NO)cc2Br)c1. The van der Waals surface area contributed by atoms with Crippen molar-refractivity contribution in [2.75, 3.05) is 0 Å². The summed E-state index contributed by atoms with van der Waals surface area (Å²) < 4.78 is 6.59. The van der Waals surface area contributed by atoms with Gasteiger partial charge in [0, 0.05) is 0 Å². The van der Waals surface area contributed by atoms with Gasteiger partial charge in [-0.05, 0) is 52.2 Å². The molecule has 0 spiro atoms. The van der Waals surface area contributed by atoms with E-state index in [0.717, 1.165) is 21.3 Å². The van der Waals surface area contributed by atoms with E-state index in [1.165, 1.54) is 11.8 Å². The molecule has 0 aliphatic rings. The molecule has 2 aromatic carbocycles. The Labute approximate surface area is 120 Å². The largest absolute Gasteiger partial charge is 0.488 e. The summed E-state index contributed by atoms with van der Waals surface area (Å²) >= 11 is 3.44. The van der Waals surface area contributed by atoms with Gasteiger partial charge in [-0.25, -0.2) is 0 Å². The molecule has 98 valence electrons. The second-order valence-electron chi connectivity index (χ2n) is 4.21. The first-order valence-electron chi connectivity index (χ1n) is 5.84. The third-order valence-corrected chi connectivity index (χ3v) is 3.26. The molecule has 0 radical (unpaired) electrons. The van der Waals surface area contributed by atoms with E-state index < -0.39 is 0 Å². The third-order valence-electron chi connectivity index (χ3n) is 2.64. The molecule has 0 aliphatic heterocycles. The van der Waals surface area contributed by atoms with E-state index in [0.29, 0.717) is 6.61 Å². The summed E-state index contributed by atoms with van der Waals surface area (Å²) in [5.74, 6) is 0.761. The lowest BCUT2D eigenvalue weighted by Crippen LogP contribution is -1.96. The molecule has 0 amide bonds. The Morgan fingerprint density at radius 1 is 1.26 bits per heavy atom. The molecule has 0 unspecified atom stereocenters. The van der Waals surface area contributed by atoms with Gasteiger partial charge in [-0.1, -0.05) is 35.0 Å². The van der Waals surface area contributed by atoms with Gasteiger partial charge in [0.25, 0.3) is 0 Å². The second kappa shape index (κ2) is 6.38. The van der Waals surface area contributed by atoms with Crippen LogP contribution in [0.5, 0.6) is 5.75 Å². The minimum absolute atomic E-state index is 0.522. The van der Waals surface area contributed by atoms with Crippen molar-refractivity contribution in [3.05, 3.63) is 63.6 Å². The van der Waals surface area contributed by atoms with Crippen LogP contribution in [0.25, 0.3) is 0 Å². The Morgan fingerprint density at radius 3 is 2.79 bits per heavy atom. The highest BCUT2D eigenvalue weighted by Gasteiger charge is 2.03. The molecular weight excluding hydrogens is 306 g/mol. The van der Waals surface area contributed by atoms with Gasteiger partial charge in [-0.15, -0.1) is 0 Å². The zero-order valence-electron chi connectivity index (χ0n) is 10.5. The van der Waals surface area contributed by atoms with Crippen molar-refractivity contribution < 1.29 is 9.94 Å². The van der Waals surface area contributed by atoms with E-state index in [1.807, 2.05) is 30.3 Å². The minimum Gasteiger partial charge on any atom is -0.488 e. The predicted molar refractivity (Wildman–Crippen MR) is 79.0 cm³/mol. The topological polar surface area (TPSA) is 41.8 Å². The summed E-state index contributed by atoms with van der Waals surface area (Å²) in [6, 6.07) is 13.7. The normalized spacial score (nSPS) is 10.8. The molecule has 0 heterocycles. The fraction of sp³-hybridized carbons (Fsp3) is 0.133. The van der Waals surface area contributed by atoms with Crippen LogP contribution in [0, 0.1) is 6.92 Å². The van der Waals surface area contributed by atoms with Gasteiger partial charge in [0.15, 0.2) is 0 Å². The first-order valence-corrected chi connectivity index (χ1v) is 6.63. The van der Waals surface area contributed by atoms with Gasteiger partial charge >= 0.3 is 0 Å². The number of hydrogen-bond acceptors (Lipinski definition) is 3. The van der Waals surface area contributed by atoms with Crippen LogP contribution < -0.4 is 4.74 Å². The maximum Gasteiger partial charge on any atom is 0.134 e. The molecule has 0 fully saturated rings. The number of benzene rings is 2. The highest BCUT2D eigenvalue weighted by atomic mass is 79.9. The van der Waals surface area contributed by atoms with Gasteiger partial charge in [0.2, 0.25) is 0 Å². The Hall–Kier alpha value is -1.81. The lowest BCUT2D eigenvalue weighted by atomic mass is 10.1. The van der Waals surface area contributed by atoms with Crippen LogP contribution in [0.3, 0.4) is 0 Å². The van der Waals surface area contributed by atoms with Crippen molar-refractivity contribution in [2.45, 2.75) is 13.5 Å². The van der Waals surface area contributed by atoms with Crippen LogP contribution in [-0.4, -0.2) is 11.4 Å². The van der Waals surface area contributed by atoms with Gasteiger partial charge < -0.3 is 9.94 Å². The molecule has 3 nitrogen and oxygen atoms in total. The lowest BCUT2D eigenvalue weighted by molar-refractivity contribution is 0.304. The van der Waals surface area contributed by atoms with Crippen molar-refractivity contribution in [3.8, 4) is 5.75 Å². The Kier molecular flexibility index (Phi) is 4.58. The number of oxime groups is 1. The van der Waals surface area contributed by atoms with E-state index in [-0.39, 0.29) is 0 Å². The van der Waals surface area contributed by atoms with Crippen molar-refractivity contribution in [3.63, 3.8) is 0 Å². The van der Waals surface area contributed by atoms with Crippen molar-refractivity contribution in [1.29, 1.82) is 0 Å². The summed E-state index contributed by atoms with van der Waals surface area (Å²) in [6.45, 7) is 2.58. The van der Waals surface area contributed by atoms with Crippen molar-refractivity contribution in [1.82, 2.24) is 0 Å². The number of rotatable bonds is 4. The molecular formula is C15H14BrNO2. The highest BCUT2D eigenvalue weighted by molar-refractivity contribution is 9.10. The third kappa shape index (κ3) is 3.83. The molecule has 2 aromatic rings. The summed E-state index contributed by atoms with van der Waals surface area (Å²) in [6.07, 6.45) is 1.37. The first-order chi connectivity index (χ1) is 9.19. The zero-order chi connectivity index (χ0) is 13.7. The van der Waals surface area contributed by atoms with Crippen molar-refractivity contribution in [2.24, 2.45) is 5.16 Å². The van der Waals surface area contributed by atoms with Crippen LogP contribution in [0.2, 0.25) is 0 Å². The smallest absolute Gasteiger partial charge is 0.134 e. The minimum atomic E-state index is 0.522. The Morgan fingerprint density at radius 2 is 2.11 bits per heavy atom. The van der Waals surface area contributed by atoms with Gasteiger partial charge in [0.1, 0.15) is 12.4 Å². The average Bonchev–Trinajstić information content (AvgIpc) is 2.38. The van der Waals surface area contributed by atoms with Gasteiger partial charge in [-0.3, -0.25) is 0 Å². The quantitative estimate of drug-likeness (QED) is 0.522. The number of aryl methyl sites for hydroxylation is 1. The van der Waals surface area contributed by atoms with E-state index in [1.54, 1.807) is 0 Å².